The highest BCUT2D eigenvalue weighted by molar-refractivity contribution is 6.34. The lowest BCUT2D eigenvalue weighted by atomic mass is 9.94. The van der Waals surface area contributed by atoms with E-state index in [1.807, 2.05) is 0 Å². The molecule has 0 aliphatic heterocycles. The summed E-state index contributed by atoms with van der Waals surface area (Å²) in [6.45, 7) is 1.63. The van der Waals surface area contributed by atoms with Crippen LogP contribution >= 0.6 is 23.2 Å². The molecule has 0 bridgehead atoms. The molecule has 5 heteroatoms. The predicted octanol–water partition coefficient (Wildman–Crippen LogP) is 3.68. The Kier molecular flexibility index (Phi) is 6.84. The fourth-order valence-corrected chi connectivity index (χ4v) is 2.66. The molecule has 0 heterocycles. The van der Waals surface area contributed by atoms with E-state index >= 15 is 0 Å². The summed E-state index contributed by atoms with van der Waals surface area (Å²) in [5.74, 6) is 1.17. The zero-order valence-electron chi connectivity index (χ0n) is 11.9. The quantitative estimate of drug-likeness (QED) is 0.750. The van der Waals surface area contributed by atoms with Gasteiger partial charge in [0.15, 0.2) is 0 Å². The molecule has 2 atom stereocenters. The number of allylic oxidation sites excluding steroid dienone is 2. The van der Waals surface area contributed by atoms with Gasteiger partial charge < -0.3 is 15.2 Å². The maximum absolute atomic E-state index is 9.92. The molecule has 0 aromatic heterocycles. The second-order valence-corrected chi connectivity index (χ2v) is 6.19. The summed E-state index contributed by atoms with van der Waals surface area (Å²) in [6, 6.07) is 5.03. The molecule has 0 saturated heterocycles. The van der Waals surface area contributed by atoms with Crippen molar-refractivity contribution in [2.24, 2.45) is 5.92 Å². The Balaban J connectivity index is 1.66. The maximum Gasteiger partial charge on any atom is 0.139 e. The smallest absolute Gasteiger partial charge is 0.139 e. The summed E-state index contributed by atoms with van der Waals surface area (Å²) in [6.07, 6.45) is 7.39. The van der Waals surface area contributed by atoms with Crippen molar-refractivity contribution in [2.75, 3.05) is 19.7 Å². The fourth-order valence-electron chi connectivity index (χ4n) is 2.33. The monoisotopic (exact) mass is 329 g/mol. The Hall–Kier alpha value is -0.740. The van der Waals surface area contributed by atoms with Gasteiger partial charge in [0.05, 0.1) is 5.02 Å². The van der Waals surface area contributed by atoms with Crippen LogP contribution in [0, 0.1) is 5.92 Å². The minimum absolute atomic E-state index is 0.192. The van der Waals surface area contributed by atoms with Crippen molar-refractivity contribution in [3.63, 3.8) is 0 Å². The van der Waals surface area contributed by atoms with Crippen LogP contribution in [0.4, 0.5) is 0 Å². The summed E-state index contributed by atoms with van der Waals surface area (Å²) in [4.78, 5) is 0. The summed E-state index contributed by atoms with van der Waals surface area (Å²) < 4.78 is 5.50. The number of halogens is 2. The van der Waals surface area contributed by atoms with Crippen LogP contribution in [0.5, 0.6) is 5.75 Å². The van der Waals surface area contributed by atoms with Gasteiger partial charge in [-0.2, -0.15) is 0 Å². The van der Waals surface area contributed by atoms with Crippen LogP contribution in [0.15, 0.2) is 30.4 Å². The lowest BCUT2D eigenvalue weighted by Gasteiger charge is -2.19. The van der Waals surface area contributed by atoms with E-state index in [2.05, 4.69) is 17.5 Å². The van der Waals surface area contributed by atoms with Gasteiger partial charge in [0, 0.05) is 17.6 Å². The number of nitrogens with one attached hydrogen (secondary N) is 1. The number of rotatable bonds is 7. The number of aliphatic hydroxyl groups excluding tert-OH is 1. The largest absolute Gasteiger partial charge is 0.489 e. The normalized spacial score (nSPS) is 19.5. The van der Waals surface area contributed by atoms with Crippen LogP contribution in [-0.4, -0.2) is 30.9 Å². The van der Waals surface area contributed by atoms with Crippen molar-refractivity contribution in [2.45, 2.75) is 25.4 Å². The molecule has 116 valence electrons. The van der Waals surface area contributed by atoms with Crippen molar-refractivity contribution in [3.05, 3.63) is 40.4 Å². The second kappa shape index (κ2) is 8.64. The molecule has 1 aromatic rings. The van der Waals surface area contributed by atoms with E-state index in [0.29, 0.717) is 28.3 Å². The van der Waals surface area contributed by atoms with Crippen molar-refractivity contribution >= 4 is 23.2 Å². The minimum atomic E-state index is -0.570. The van der Waals surface area contributed by atoms with E-state index in [0.717, 1.165) is 19.4 Å². The molecule has 1 aliphatic carbocycles. The molecule has 1 aliphatic rings. The molecule has 2 N–H and O–H groups in total. The Morgan fingerprint density at radius 1 is 1.33 bits per heavy atom. The van der Waals surface area contributed by atoms with Gasteiger partial charge in [-0.3, -0.25) is 0 Å². The number of aliphatic hydroxyl groups is 1. The highest BCUT2D eigenvalue weighted by atomic mass is 35.5. The average molecular weight is 330 g/mol. The second-order valence-electron chi connectivity index (χ2n) is 5.35. The Morgan fingerprint density at radius 3 is 2.95 bits per heavy atom. The molecule has 2 rings (SSSR count). The minimum Gasteiger partial charge on any atom is -0.489 e. The van der Waals surface area contributed by atoms with Crippen LogP contribution < -0.4 is 10.1 Å². The highest BCUT2D eigenvalue weighted by Gasteiger charge is 2.11. The predicted molar refractivity (Wildman–Crippen MR) is 87.3 cm³/mol. The lowest BCUT2D eigenvalue weighted by Crippen LogP contribution is -2.34. The third-order valence-corrected chi connectivity index (χ3v) is 4.06. The average Bonchev–Trinajstić information content (AvgIpc) is 2.49. The first-order chi connectivity index (χ1) is 10.1. The van der Waals surface area contributed by atoms with Gasteiger partial charge >= 0.3 is 0 Å². The van der Waals surface area contributed by atoms with Crippen molar-refractivity contribution in [1.82, 2.24) is 5.32 Å². The number of hydrogen-bond acceptors (Lipinski definition) is 3. The Morgan fingerprint density at radius 2 is 2.19 bits per heavy atom. The van der Waals surface area contributed by atoms with Crippen LogP contribution in [-0.2, 0) is 0 Å². The summed E-state index contributed by atoms with van der Waals surface area (Å²) in [5.41, 5.74) is 0. The fraction of sp³-hybridized carbons (Fsp3) is 0.500. The zero-order valence-corrected chi connectivity index (χ0v) is 13.4. The number of benzene rings is 1. The topological polar surface area (TPSA) is 41.5 Å². The van der Waals surface area contributed by atoms with E-state index in [1.54, 1.807) is 18.2 Å². The number of hydrogen-bond donors (Lipinski definition) is 2. The third-order valence-electron chi connectivity index (χ3n) is 3.52. The van der Waals surface area contributed by atoms with E-state index in [-0.39, 0.29) is 6.61 Å². The Labute approximate surface area is 135 Å². The van der Waals surface area contributed by atoms with E-state index in [9.17, 15) is 5.11 Å². The molecule has 3 nitrogen and oxygen atoms in total. The third kappa shape index (κ3) is 5.87. The summed E-state index contributed by atoms with van der Waals surface area (Å²) in [5, 5.41) is 14.3. The van der Waals surface area contributed by atoms with E-state index in [1.165, 1.54) is 6.42 Å². The first-order valence-electron chi connectivity index (χ1n) is 7.27. The number of ether oxygens (including phenoxy) is 1. The SMILES string of the molecule is OC(CNCC1CC=CCC1)COc1cc(Cl)ccc1Cl. The molecular weight excluding hydrogens is 309 g/mol. The van der Waals surface area contributed by atoms with Gasteiger partial charge in [0.25, 0.3) is 0 Å². The molecular formula is C16H21Cl2NO2. The summed E-state index contributed by atoms with van der Waals surface area (Å²) in [7, 11) is 0. The van der Waals surface area contributed by atoms with Crippen molar-refractivity contribution in [1.29, 1.82) is 0 Å². The molecule has 1 aromatic carbocycles. The Bertz CT molecular complexity index is 479. The van der Waals surface area contributed by atoms with Crippen LogP contribution in [0.25, 0.3) is 0 Å². The zero-order chi connectivity index (χ0) is 15.1. The first kappa shape index (κ1) is 16.6. The molecule has 0 amide bonds. The highest BCUT2D eigenvalue weighted by Crippen LogP contribution is 2.27. The maximum atomic E-state index is 9.92. The van der Waals surface area contributed by atoms with Crippen LogP contribution in [0.3, 0.4) is 0 Å². The molecule has 0 saturated carbocycles. The van der Waals surface area contributed by atoms with Gasteiger partial charge in [0.1, 0.15) is 18.5 Å². The van der Waals surface area contributed by atoms with Gasteiger partial charge in [0.2, 0.25) is 0 Å². The van der Waals surface area contributed by atoms with Gasteiger partial charge in [-0.25, -0.2) is 0 Å². The molecule has 0 radical (unpaired) electrons. The standard InChI is InChI=1S/C16H21Cl2NO2/c17-13-6-7-15(18)16(8-13)21-11-14(20)10-19-9-12-4-2-1-3-5-12/h1-2,6-8,12,14,19-20H,3-5,9-11H2. The van der Waals surface area contributed by atoms with E-state index in [4.69, 9.17) is 27.9 Å². The van der Waals surface area contributed by atoms with Crippen LogP contribution in [0.1, 0.15) is 19.3 Å². The lowest BCUT2D eigenvalue weighted by molar-refractivity contribution is 0.105. The van der Waals surface area contributed by atoms with E-state index < -0.39 is 6.10 Å². The molecule has 21 heavy (non-hydrogen) atoms. The van der Waals surface area contributed by atoms with Crippen LogP contribution in [0.2, 0.25) is 10.0 Å². The van der Waals surface area contributed by atoms with Gasteiger partial charge in [-0.05, 0) is 43.9 Å². The molecule has 2 unspecified atom stereocenters. The van der Waals surface area contributed by atoms with Gasteiger partial charge in [-0.15, -0.1) is 0 Å². The van der Waals surface area contributed by atoms with Crippen molar-refractivity contribution < 1.29 is 9.84 Å². The molecule has 0 fully saturated rings. The molecule has 0 spiro atoms. The first-order valence-corrected chi connectivity index (χ1v) is 8.02. The summed E-state index contributed by atoms with van der Waals surface area (Å²) >= 11 is 11.9. The van der Waals surface area contributed by atoms with Gasteiger partial charge in [-0.1, -0.05) is 35.4 Å². The van der Waals surface area contributed by atoms with Crippen molar-refractivity contribution in [3.8, 4) is 5.75 Å².